The number of hydrogen-bond donors (Lipinski definition) is 2. The van der Waals surface area contributed by atoms with Gasteiger partial charge in [-0.3, -0.25) is 14.6 Å². The minimum Gasteiger partial charge on any atom is -0.493 e. The van der Waals surface area contributed by atoms with Gasteiger partial charge in [0.1, 0.15) is 5.82 Å². The van der Waals surface area contributed by atoms with E-state index in [0.29, 0.717) is 46.4 Å². The van der Waals surface area contributed by atoms with Gasteiger partial charge in [0.25, 0.3) is 5.56 Å². The van der Waals surface area contributed by atoms with Crippen LogP contribution in [0.1, 0.15) is 23.9 Å². The maximum Gasteiger partial charge on any atom is 0.252 e. The fourth-order valence-electron chi connectivity index (χ4n) is 3.06. The number of aryl methyl sites for hydroxylation is 2. The Morgan fingerprint density at radius 1 is 1.12 bits per heavy atom. The number of ether oxygens (including phenoxy) is 3. The van der Waals surface area contributed by atoms with Crippen molar-refractivity contribution in [3.8, 4) is 23.2 Å². The van der Waals surface area contributed by atoms with Crippen molar-refractivity contribution in [2.45, 2.75) is 20.3 Å². The zero-order valence-corrected chi connectivity index (χ0v) is 18.6. The minimum atomic E-state index is -0.395. The van der Waals surface area contributed by atoms with Crippen LogP contribution in [0.15, 0.2) is 35.1 Å². The van der Waals surface area contributed by atoms with Crippen LogP contribution >= 0.6 is 0 Å². The zero-order chi connectivity index (χ0) is 23.3. The number of hydrogen-bond acceptors (Lipinski definition) is 7. The summed E-state index contributed by atoms with van der Waals surface area (Å²) in [6, 6.07) is 6.57. The average molecular weight is 439 g/mol. The number of anilines is 1. The molecule has 0 saturated heterocycles. The predicted molar refractivity (Wildman–Crippen MR) is 120 cm³/mol. The Labute approximate surface area is 184 Å². The first-order chi connectivity index (χ1) is 15.4. The summed E-state index contributed by atoms with van der Waals surface area (Å²) in [5.74, 6) is 1.63. The standard InChI is InChI=1S/C22H25N5O5/c1-6-15-12-20(29)25-22(23-15)27-18(9-13(2)26-27)24-19(28)8-7-14-10-16(30-3)21(32-5)17(11-14)31-4/h7-12H,6H2,1-5H3,(H,24,28)(H,23,25,29). The molecule has 0 radical (unpaired) electrons. The van der Waals surface area contributed by atoms with Crippen LogP contribution < -0.4 is 25.1 Å². The van der Waals surface area contributed by atoms with E-state index in [1.54, 1.807) is 31.2 Å². The molecule has 0 atom stereocenters. The summed E-state index contributed by atoms with van der Waals surface area (Å²) in [7, 11) is 4.56. The fourth-order valence-corrected chi connectivity index (χ4v) is 3.06. The summed E-state index contributed by atoms with van der Waals surface area (Å²) in [6.07, 6.45) is 3.58. The summed E-state index contributed by atoms with van der Waals surface area (Å²) in [5.41, 5.74) is 1.66. The van der Waals surface area contributed by atoms with E-state index in [1.165, 1.54) is 38.2 Å². The molecule has 1 aromatic carbocycles. The van der Waals surface area contributed by atoms with Gasteiger partial charge in [0.05, 0.1) is 27.0 Å². The van der Waals surface area contributed by atoms with Gasteiger partial charge in [-0.1, -0.05) is 6.92 Å². The largest absolute Gasteiger partial charge is 0.493 e. The monoisotopic (exact) mass is 439 g/mol. The van der Waals surface area contributed by atoms with Crippen molar-refractivity contribution in [2.75, 3.05) is 26.6 Å². The molecule has 168 valence electrons. The normalized spacial score (nSPS) is 10.9. The molecular formula is C22H25N5O5. The quantitative estimate of drug-likeness (QED) is 0.517. The number of aromatic nitrogens is 4. The van der Waals surface area contributed by atoms with Gasteiger partial charge in [-0.05, 0) is 37.1 Å². The molecule has 1 amide bonds. The second kappa shape index (κ2) is 9.82. The molecule has 0 unspecified atom stereocenters. The van der Waals surface area contributed by atoms with Crippen LogP contribution in [0.5, 0.6) is 17.2 Å². The Bertz CT molecular complexity index is 1190. The number of nitrogens with one attached hydrogen (secondary N) is 2. The Morgan fingerprint density at radius 3 is 2.41 bits per heavy atom. The molecule has 0 bridgehead atoms. The van der Waals surface area contributed by atoms with Crippen molar-refractivity contribution in [3.63, 3.8) is 0 Å². The molecule has 3 rings (SSSR count). The lowest BCUT2D eigenvalue weighted by atomic mass is 10.1. The molecule has 0 aliphatic heterocycles. The Balaban J connectivity index is 1.86. The van der Waals surface area contributed by atoms with Crippen LogP contribution in [0.25, 0.3) is 12.0 Å². The first-order valence-corrected chi connectivity index (χ1v) is 9.84. The molecule has 3 aromatic rings. The van der Waals surface area contributed by atoms with E-state index in [1.807, 2.05) is 6.92 Å². The van der Waals surface area contributed by atoms with E-state index in [2.05, 4.69) is 20.4 Å². The Morgan fingerprint density at radius 2 is 1.81 bits per heavy atom. The van der Waals surface area contributed by atoms with Gasteiger partial charge >= 0.3 is 0 Å². The lowest BCUT2D eigenvalue weighted by Gasteiger charge is -2.12. The number of methoxy groups -OCH3 is 3. The highest BCUT2D eigenvalue weighted by Gasteiger charge is 2.14. The van der Waals surface area contributed by atoms with Crippen molar-refractivity contribution in [1.29, 1.82) is 0 Å². The first kappa shape index (κ1) is 22.6. The number of benzene rings is 1. The third kappa shape index (κ3) is 4.97. The van der Waals surface area contributed by atoms with Crippen molar-refractivity contribution in [2.24, 2.45) is 0 Å². The number of rotatable bonds is 8. The van der Waals surface area contributed by atoms with Gasteiger partial charge in [-0.15, -0.1) is 0 Å². The molecule has 2 heterocycles. The molecule has 10 heteroatoms. The van der Waals surface area contributed by atoms with E-state index in [-0.39, 0.29) is 11.5 Å². The first-order valence-electron chi connectivity index (χ1n) is 9.84. The summed E-state index contributed by atoms with van der Waals surface area (Å²) >= 11 is 0. The SMILES string of the molecule is CCc1cc(=O)[nH]c(-n2nc(C)cc2NC(=O)C=Cc2cc(OC)c(OC)c(OC)c2)n1. The number of nitrogens with zero attached hydrogens (tertiary/aromatic N) is 3. The van der Waals surface area contributed by atoms with E-state index in [0.717, 1.165) is 0 Å². The number of carbonyl (C=O) groups is 1. The van der Waals surface area contributed by atoms with E-state index in [9.17, 15) is 9.59 Å². The molecule has 10 nitrogen and oxygen atoms in total. The molecule has 0 aliphatic rings. The number of aromatic amines is 1. The van der Waals surface area contributed by atoms with E-state index >= 15 is 0 Å². The summed E-state index contributed by atoms with van der Waals surface area (Å²) in [5, 5.41) is 7.09. The molecule has 0 aliphatic carbocycles. The molecule has 2 aromatic heterocycles. The fraction of sp³-hybridized carbons (Fsp3) is 0.273. The highest BCUT2D eigenvalue weighted by atomic mass is 16.5. The summed E-state index contributed by atoms with van der Waals surface area (Å²) in [4.78, 5) is 31.5. The summed E-state index contributed by atoms with van der Waals surface area (Å²) in [6.45, 7) is 3.68. The maximum atomic E-state index is 12.6. The van der Waals surface area contributed by atoms with Gasteiger partial charge in [0.2, 0.25) is 17.6 Å². The second-order valence-corrected chi connectivity index (χ2v) is 6.78. The minimum absolute atomic E-state index is 0.228. The zero-order valence-electron chi connectivity index (χ0n) is 18.6. The molecular weight excluding hydrogens is 414 g/mol. The Kier molecular flexibility index (Phi) is 6.93. The highest BCUT2D eigenvalue weighted by molar-refractivity contribution is 6.01. The van der Waals surface area contributed by atoms with Gasteiger partial charge in [-0.25, -0.2) is 4.98 Å². The van der Waals surface area contributed by atoms with Gasteiger partial charge < -0.3 is 19.5 Å². The van der Waals surface area contributed by atoms with E-state index in [4.69, 9.17) is 14.2 Å². The van der Waals surface area contributed by atoms with Crippen molar-refractivity contribution >= 4 is 17.8 Å². The molecule has 0 fully saturated rings. The van der Waals surface area contributed by atoms with Gasteiger partial charge in [0, 0.05) is 23.9 Å². The third-order valence-electron chi connectivity index (χ3n) is 4.54. The molecule has 32 heavy (non-hydrogen) atoms. The third-order valence-corrected chi connectivity index (χ3v) is 4.54. The van der Waals surface area contributed by atoms with Gasteiger partial charge in [0.15, 0.2) is 11.5 Å². The van der Waals surface area contributed by atoms with Crippen molar-refractivity contribution < 1.29 is 19.0 Å². The summed E-state index contributed by atoms with van der Waals surface area (Å²) < 4.78 is 17.4. The molecule has 2 N–H and O–H groups in total. The average Bonchev–Trinajstić information content (AvgIpc) is 3.16. The highest BCUT2D eigenvalue weighted by Crippen LogP contribution is 2.38. The number of carbonyl (C=O) groups excluding carboxylic acids is 1. The van der Waals surface area contributed by atoms with Gasteiger partial charge in [-0.2, -0.15) is 9.78 Å². The predicted octanol–water partition coefficient (Wildman–Crippen LogP) is 2.50. The van der Waals surface area contributed by atoms with Crippen LogP contribution in [-0.2, 0) is 11.2 Å². The smallest absolute Gasteiger partial charge is 0.252 e. The maximum absolute atomic E-state index is 12.6. The second-order valence-electron chi connectivity index (χ2n) is 6.78. The number of H-pyrrole nitrogens is 1. The Hall–Kier alpha value is -4.08. The van der Waals surface area contributed by atoms with Crippen LogP contribution in [-0.4, -0.2) is 47.0 Å². The molecule has 0 spiro atoms. The van der Waals surface area contributed by atoms with E-state index < -0.39 is 5.91 Å². The molecule has 0 saturated carbocycles. The lowest BCUT2D eigenvalue weighted by molar-refractivity contribution is -0.111. The van der Waals surface area contributed by atoms with Crippen molar-refractivity contribution in [3.05, 3.63) is 57.6 Å². The topological polar surface area (TPSA) is 120 Å². The van der Waals surface area contributed by atoms with Crippen LogP contribution in [0.4, 0.5) is 5.82 Å². The van der Waals surface area contributed by atoms with Crippen LogP contribution in [0, 0.1) is 6.92 Å². The van der Waals surface area contributed by atoms with Crippen LogP contribution in [0.3, 0.4) is 0 Å². The number of amides is 1. The lowest BCUT2D eigenvalue weighted by Crippen LogP contribution is -2.18. The van der Waals surface area contributed by atoms with Crippen molar-refractivity contribution in [1.82, 2.24) is 19.7 Å². The van der Waals surface area contributed by atoms with Crippen LogP contribution in [0.2, 0.25) is 0 Å².